The lowest BCUT2D eigenvalue weighted by Gasteiger charge is -2.26. The van der Waals surface area contributed by atoms with Gasteiger partial charge in [0.05, 0.1) is 39.9 Å². The number of aliphatic hydroxyl groups excluding tert-OH is 1. The Labute approximate surface area is 392 Å². The van der Waals surface area contributed by atoms with Gasteiger partial charge in [-0.1, -0.05) is 88.7 Å². The number of fused-ring (bicyclic) bond motifs is 2. The molecule has 1 aliphatic heterocycles. The summed E-state index contributed by atoms with van der Waals surface area (Å²) >= 11 is 0. The number of hydrogen-bond acceptors (Lipinski definition) is 8. The third kappa shape index (κ3) is 11.8. The number of pyridine rings is 2. The van der Waals surface area contributed by atoms with Gasteiger partial charge in [0.2, 0.25) is 0 Å². The van der Waals surface area contributed by atoms with Crippen molar-refractivity contribution >= 4 is 45.2 Å². The molecule has 1 atom stereocenters. The van der Waals surface area contributed by atoms with E-state index in [1.807, 2.05) is 91.0 Å². The van der Waals surface area contributed by atoms with Crippen molar-refractivity contribution in [1.29, 1.82) is 0 Å². The molecule has 12 nitrogen and oxygen atoms in total. The molecule has 1 saturated heterocycles. The molecule has 9 rings (SSSR count). The monoisotopic (exact) mass is 903 g/mol. The van der Waals surface area contributed by atoms with Gasteiger partial charge >= 0.3 is 6.03 Å². The number of likely N-dealkylation sites (tertiary alicyclic amines) is 1. The van der Waals surface area contributed by atoms with Crippen LogP contribution < -0.4 is 20.7 Å². The third-order valence-electron chi connectivity index (χ3n) is 11.6. The highest BCUT2D eigenvalue weighted by molar-refractivity contribution is 6.07. The number of carbonyl (C=O) groups is 1. The predicted molar refractivity (Wildman–Crippen MR) is 271 cm³/mol. The fraction of sp³-hybridized carbons (Fsp3) is 0.296. The number of amides is 2. The maximum absolute atomic E-state index is 13.4. The lowest BCUT2D eigenvalue weighted by atomic mass is 9.92. The largest absolute Gasteiger partial charge is 0.492 e. The van der Waals surface area contributed by atoms with E-state index in [9.17, 15) is 14.3 Å². The Hall–Kier alpha value is -7.09. The van der Waals surface area contributed by atoms with Crippen molar-refractivity contribution in [2.75, 3.05) is 48.7 Å². The lowest BCUT2D eigenvalue weighted by Crippen LogP contribution is -2.33. The van der Waals surface area contributed by atoms with E-state index in [2.05, 4.69) is 63.5 Å². The van der Waals surface area contributed by atoms with Crippen LogP contribution in [0.25, 0.3) is 49.9 Å². The number of aryl methyl sites for hydroxylation is 1. The van der Waals surface area contributed by atoms with Gasteiger partial charge < -0.3 is 25.5 Å². The van der Waals surface area contributed by atoms with E-state index in [4.69, 9.17) is 9.84 Å². The smallest absolute Gasteiger partial charge is 0.324 e. The second-order valence-electron chi connectivity index (χ2n) is 17.8. The van der Waals surface area contributed by atoms with Gasteiger partial charge in [0.15, 0.2) is 0 Å². The van der Waals surface area contributed by atoms with Gasteiger partial charge in [-0.05, 0) is 106 Å². The van der Waals surface area contributed by atoms with Gasteiger partial charge in [0, 0.05) is 58.9 Å². The van der Waals surface area contributed by atoms with Crippen LogP contribution in [-0.4, -0.2) is 79.7 Å². The first-order valence-corrected chi connectivity index (χ1v) is 22.6. The minimum absolute atomic E-state index is 0. The summed E-state index contributed by atoms with van der Waals surface area (Å²) in [5.41, 5.74) is 8.86. The first-order valence-electron chi connectivity index (χ1n) is 22.6. The number of aliphatic hydroxyl groups is 1. The molecule has 5 heterocycles. The molecule has 0 radical (unpaired) electrons. The average molecular weight is 904 g/mol. The Kier molecular flexibility index (Phi) is 15.3. The number of nitrogens with zero attached hydrogens (tertiary/aromatic N) is 5. The molecule has 4 aromatic carbocycles. The first-order chi connectivity index (χ1) is 31.9. The van der Waals surface area contributed by atoms with Gasteiger partial charge in [0.25, 0.3) is 0 Å². The highest BCUT2D eigenvalue weighted by Gasteiger charge is 2.22. The number of aromatic nitrogens is 5. The van der Waals surface area contributed by atoms with Crippen LogP contribution in [0.1, 0.15) is 65.6 Å². The van der Waals surface area contributed by atoms with E-state index in [-0.39, 0.29) is 24.7 Å². The lowest BCUT2D eigenvalue weighted by molar-refractivity contribution is 0.184. The van der Waals surface area contributed by atoms with E-state index >= 15 is 0 Å². The number of benzene rings is 4. The molecule has 0 bridgehead atoms. The molecule has 2 amide bonds. The van der Waals surface area contributed by atoms with Crippen molar-refractivity contribution in [1.82, 2.24) is 29.6 Å². The van der Waals surface area contributed by atoms with Crippen molar-refractivity contribution in [2.24, 2.45) is 0 Å². The number of H-pyrrole nitrogens is 1. The van der Waals surface area contributed by atoms with E-state index in [1.165, 1.54) is 37.0 Å². The summed E-state index contributed by atoms with van der Waals surface area (Å²) in [5.74, 6) is 1.84. The molecular formula is C54H62FN9O3. The summed E-state index contributed by atoms with van der Waals surface area (Å²) in [5, 5.41) is 25.4. The van der Waals surface area contributed by atoms with E-state index < -0.39 is 6.10 Å². The molecule has 0 spiro atoms. The van der Waals surface area contributed by atoms with Crippen molar-refractivity contribution in [3.05, 3.63) is 145 Å². The van der Waals surface area contributed by atoms with Gasteiger partial charge in [-0.3, -0.25) is 15.2 Å². The van der Waals surface area contributed by atoms with Crippen LogP contribution in [0.4, 0.5) is 26.5 Å². The summed E-state index contributed by atoms with van der Waals surface area (Å²) in [6.45, 7) is 14.4. The number of nitrogens with one attached hydrogen (secondary N) is 4. The number of piperidine rings is 1. The number of rotatable bonds is 12. The molecule has 0 unspecified atom stereocenters. The number of ether oxygens (including phenoxy) is 1. The number of carbonyl (C=O) groups excluding carboxylic acids is 1. The predicted octanol–water partition coefficient (Wildman–Crippen LogP) is 12.0. The molecule has 1 fully saturated rings. The fourth-order valence-corrected chi connectivity index (χ4v) is 8.03. The summed E-state index contributed by atoms with van der Waals surface area (Å²) in [6, 6.07) is 35.7. The summed E-state index contributed by atoms with van der Waals surface area (Å²) in [7, 11) is 0. The van der Waals surface area contributed by atoms with Crippen molar-refractivity contribution in [3.63, 3.8) is 0 Å². The SMILES string of the molecule is C.C[C@H](O)CNc1cc(-c2[nH]c3cccnc3c2-c2ccc(F)cc2)ccn1.Cc1ccc(-n2nc(C(C)(C)C)cc2NC(=O)Nc2ccc(OCCN3CCCCC3)c3ccccc23)cc1. The average Bonchev–Trinajstić information content (AvgIpc) is 3.93. The molecule has 1 aliphatic rings. The quantitative estimate of drug-likeness (QED) is 0.0815. The maximum atomic E-state index is 13.4. The fourth-order valence-electron chi connectivity index (χ4n) is 8.03. The standard InChI is InChI=1S/C32H39N5O2.C21H19FN4O.CH4/c1-23-12-14-24(15-13-23)37-30(22-29(35-37)32(2,3)4)34-31(38)33-27-16-17-28(26-11-7-6-10-25(26)27)39-21-20-36-18-8-5-9-19-36;1-13(27)12-25-18-11-15(8-10-23-18)20-19(14-4-6-16(22)7-5-14)21-17(26-20)3-2-9-24-21;/h6-7,10-17,22H,5,8-9,18-21H2,1-4H3,(H2,33,34,38);2-11,13,26-27H,12H2,1H3,(H,23,25);1H4/t;13-;/m.0./s1. The normalized spacial score (nSPS) is 13.3. The summed E-state index contributed by atoms with van der Waals surface area (Å²) in [4.78, 5) is 28.0. The molecule has 13 heteroatoms. The number of urea groups is 1. The number of hydrogen-bond donors (Lipinski definition) is 5. The molecule has 8 aromatic rings. The van der Waals surface area contributed by atoms with Crippen LogP contribution >= 0.6 is 0 Å². The molecule has 67 heavy (non-hydrogen) atoms. The van der Waals surface area contributed by atoms with Crippen molar-refractivity contribution in [2.45, 2.75) is 72.8 Å². The molecule has 4 aromatic heterocycles. The second-order valence-corrected chi connectivity index (χ2v) is 17.8. The van der Waals surface area contributed by atoms with E-state index in [1.54, 1.807) is 36.1 Å². The molecule has 348 valence electrons. The second kappa shape index (κ2) is 21.5. The molecule has 0 saturated carbocycles. The molecule has 5 N–H and O–H groups in total. The minimum atomic E-state index is -0.470. The van der Waals surface area contributed by atoms with Crippen LogP contribution in [0, 0.1) is 12.7 Å². The Morgan fingerprint density at radius 1 is 0.851 bits per heavy atom. The highest BCUT2D eigenvalue weighted by Crippen LogP contribution is 2.38. The summed E-state index contributed by atoms with van der Waals surface area (Å²) < 4.78 is 21.4. The van der Waals surface area contributed by atoms with E-state index in [0.29, 0.717) is 24.8 Å². The van der Waals surface area contributed by atoms with Gasteiger partial charge in [0.1, 0.15) is 29.8 Å². The topological polar surface area (TPSA) is 145 Å². The zero-order chi connectivity index (χ0) is 46.2. The number of anilines is 3. The third-order valence-corrected chi connectivity index (χ3v) is 11.6. The van der Waals surface area contributed by atoms with Crippen molar-refractivity contribution < 1.29 is 19.0 Å². The molecule has 0 aliphatic carbocycles. The van der Waals surface area contributed by atoms with Crippen LogP contribution in [-0.2, 0) is 5.41 Å². The van der Waals surface area contributed by atoms with Crippen LogP contribution in [0.3, 0.4) is 0 Å². The Bertz CT molecular complexity index is 2900. The summed E-state index contributed by atoms with van der Waals surface area (Å²) in [6.07, 6.45) is 6.87. The van der Waals surface area contributed by atoms with E-state index in [0.717, 1.165) is 86.6 Å². The van der Waals surface area contributed by atoms with Crippen molar-refractivity contribution in [3.8, 4) is 33.8 Å². The number of aromatic amines is 1. The van der Waals surface area contributed by atoms with Crippen LogP contribution in [0.2, 0.25) is 0 Å². The zero-order valence-corrected chi connectivity index (χ0v) is 38.2. The Morgan fingerprint density at radius 3 is 2.33 bits per heavy atom. The van der Waals surface area contributed by atoms with Gasteiger partial charge in [-0.15, -0.1) is 0 Å². The van der Waals surface area contributed by atoms with Gasteiger partial charge in [-0.2, -0.15) is 5.10 Å². The zero-order valence-electron chi connectivity index (χ0n) is 38.2. The highest BCUT2D eigenvalue weighted by atomic mass is 19.1. The van der Waals surface area contributed by atoms with Crippen LogP contribution in [0.5, 0.6) is 5.75 Å². The van der Waals surface area contributed by atoms with Crippen LogP contribution in [0.15, 0.2) is 128 Å². The maximum Gasteiger partial charge on any atom is 0.324 e. The molecular weight excluding hydrogens is 842 g/mol. The Morgan fingerprint density at radius 2 is 1.60 bits per heavy atom. The number of halogens is 1. The minimum Gasteiger partial charge on any atom is -0.492 e. The first kappa shape index (κ1) is 47.9. The Balaban J connectivity index is 0.000000209. The van der Waals surface area contributed by atoms with Gasteiger partial charge in [-0.25, -0.2) is 18.9 Å².